The summed E-state index contributed by atoms with van der Waals surface area (Å²) < 4.78 is 5.47. The summed E-state index contributed by atoms with van der Waals surface area (Å²) in [6.45, 7) is 10.2. The first-order valence-corrected chi connectivity index (χ1v) is 9.88. The minimum absolute atomic E-state index is 0. The second kappa shape index (κ2) is 12.7. The van der Waals surface area contributed by atoms with Crippen LogP contribution in [-0.2, 0) is 6.54 Å². The van der Waals surface area contributed by atoms with Crippen LogP contribution in [0.15, 0.2) is 40.1 Å². The van der Waals surface area contributed by atoms with Crippen LogP contribution in [0.25, 0.3) is 0 Å². The standard InChI is InChI=1S/C21H33N5O.HI/c1-6-16(7-2)20-11-18(27-26-20)13-24-21(22-5)25-14-19(15(3)4)17-9-8-10-23-12-17;/h8-12,15-16,19H,6-7,13-14H2,1-5H3,(H2,22,24,25);1H. The lowest BCUT2D eigenvalue weighted by Crippen LogP contribution is -2.39. The third-order valence-corrected chi connectivity index (χ3v) is 5.04. The lowest BCUT2D eigenvalue weighted by Gasteiger charge is -2.22. The lowest BCUT2D eigenvalue weighted by atomic mass is 9.89. The summed E-state index contributed by atoms with van der Waals surface area (Å²) in [7, 11) is 1.78. The van der Waals surface area contributed by atoms with E-state index in [9.17, 15) is 0 Å². The normalized spacial score (nSPS) is 12.8. The third-order valence-electron chi connectivity index (χ3n) is 5.04. The van der Waals surface area contributed by atoms with Gasteiger partial charge in [-0.2, -0.15) is 0 Å². The highest BCUT2D eigenvalue weighted by atomic mass is 127. The molecule has 0 saturated carbocycles. The van der Waals surface area contributed by atoms with Gasteiger partial charge < -0.3 is 15.2 Å². The van der Waals surface area contributed by atoms with Crippen molar-refractivity contribution < 1.29 is 4.52 Å². The quantitative estimate of drug-likeness (QED) is 0.297. The van der Waals surface area contributed by atoms with Crippen LogP contribution < -0.4 is 10.6 Å². The van der Waals surface area contributed by atoms with Crippen molar-refractivity contribution >= 4 is 29.9 Å². The monoisotopic (exact) mass is 499 g/mol. The first kappa shape index (κ1) is 24.4. The molecule has 0 amide bonds. The zero-order valence-corrected chi connectivity index (χ0v) is 19.9. The molecule has 2 N–H and O–H groups in total. The van der Waals surface area contributed by atoms with Gasteiger partial charge in [-0.3, -0.25) is 9.98 Å². The second-order valence-corrected chi connectivity index (χ2v) is 7.18. The number of pyridine rings is 1. The Balaban J connectivity index is 0.00000392. The Kier molecular flexibility index (Phi) is 11.1. The molecule has 0 aliphatic rings. The molecule has 0 radical (unpaired) electrons. The van der Waals surface area contributed by atoms with Gasteiger partial charge in [0.15, 0.2) is 11.7 Å². The Morgan fingerprint density at radius 2 is 1.96 bits per heavy atom. The SMILES string of the molecule is CCC(CC)c1cc(CNC(=NC)NCC(c2cccnc2)C(C)C)on1.I. The average Bonchev–Trinajstić information content (AvgIpc) is 3.15. The Hall–Kier alpha value is -1.64. The number of hydrogen-bond acceptors (Lipinski definition) is 4. The molecule has 2 heterocycles. The van der Waals surface area contributed by atoms with Gasteiger partial charge in [-0.15, -0.1) is 24.0 Å². The minimum atomic E-state index is 0. The fourth-order valence-corrected chi connectivity index (χ4v) is 3.24. The molecule has 0 spiro atoms. The van der Waals surface area contributed by atoms with E-state index in [1.807, 2.05) is 24.5 Å². The molecule has 0 aromatic carbocycles. The Labute approximate surface area is 186 Å². The molecule has 2 aromatic heterocycles. The Morgan fingerprint density at radius 3 is 2.54 bits per heavy atom. The van der Waals surface area contributed by atoms with E-state index in [1.165, 1.54) is 5.56 Å². The number of aliphatic imine (C=N–C) groups is 1. The molecule has 0 aliphatic carbocycles. The first-order chi connectivity index (χ1) is 13.1. The summed E-state index contributed by atoms with van der Waals surface area (Å²) in [6.07, 6.45) is 5.90. The average molecular weight is 499 g/mol. The molecular weight excluding hydrogens is 465 g/mol. The summed E-state index contributed by atoms with van der Waals surface area (Å²) in [5.41, 5.74) is 2.27. The molecule has 6 nitrogen and oxygen atoms in total. The van der Waals surface area contributed by atoms with Crippen molar-refractivity contribution in [2.45, 2.75) is 58.9 Å². The van der Waals surface area contributed by atoms with Gasteiger partial charge in [0.05, 0.1) is 12.2 Å². The van der Waals surface area contributed by atoms with E-state index in [0.29, 0.717) is 24.3 Å². The molecule has 156 valence electrons. The molecular formula is C21H34IN5O. The lowest BCUT2D eigenvalue weighted by molar-refractivity contribution is 0.368. The van der Waals surface area contributed by atoms with Crippen LogP contribution in [0.2, 0.25) is 0 Å². The highest BCUT2D eigenvalue weighted by Gasteiger charge is 2.17. The van der Waals surface area contributed by atoms with Gasteiger partial charge in [0.25, 0.3) is 0 Å². The summed E-state index contributed by atoms with van der Waals surface area (Å²) in [6, 6.07) is 6.16. The molecule has 28 heavy (non-hydrogen) atoms. The summed E-state index contributed by atoms with van der Waals surface area (Å²) in [4.78, 5) is 8.57. The topological polar surface area (TPSA) is 75.3 Å². The molecule has 2 rings (SSSR count). The van der Waals surface area contributed by atoms with E-state index in [-0.39, 0.29) is 24.0 Å². The van der Waals surface area contributed by atoms with E-state index in [2.05, 4.69) is 59.5 Å². The van der Waals surface area contributed by atoms with Crippen LogP contribution in [0, 0.1) is 5.92 Å². The molecule has 1 atom stereocenters. The van der Waals surface area contributed by atoms with Crippen molar-refractivity contribution in [2.75, 3.05) is 13.6 Å². The van der Waals surface area contributed by atoms with Crippen LogP contribution in [0.3, 0.4) is 0 Å². The minimum Gasteiger partial charge on any atom is -0.359 e. The Morgan fingerprint density at radius 1 is 1.21 bits per heavy atom. The second-order valence-electron chi connectivity index (χ2n) is 7.18. The number of nitrogens with zero attached hydrogens (tertiary/aromatic N) is 3. The molecule has 2 aromatic rings. The van der Waals surface area contributed by atoms with E-state index in [4.69, 9.17) is 4.52 Å². The predicted octanol–water partition coefficient (Wildman–Crippen LogP) is 4.70. The Bertz CT molecular complexity index is 698. The van der Waals surface area contributed by atoms with Crippen molar-refractivity contribution in [3.8, 4) is 0 Å². The maximum absolute atomic E-state index is 5.47. The van der Waals surface area contributed by atoms with E-state index in [1.54, 1.807) is 7.05 Å². The number of nitrogens with one attached hydrogen (secondary N) is 2. The van der Waals surface area contributed by atoms with Gasteiger partial charge in [-0.25, -0.2) is 0 Å². The van der Waals surface area contributed by atoms with Gasteiger partial charge >= 0.3 is 0 Å². The molecule has 0 saturated heterocycles. The molecule has 0 fully saturated rings. The number of halogens is 1. The summed E-state index contributed by atoms with van der Waals surface area (Å²) in [5, 5.41) is 10.9. The smallest absolute Gasteiger partial charge is 0.191 e. The van der Waals surface area contributed by atoms with Crippen LogP contribution in [0.1, 0.15) is 69.4 Å². The van der Waals surface area contributed by atoms with Crippen molar-refractivity contribution in [2.24, 2.45) is 10.9 Å². The van der Waals surface area contributed by atoms with Crippen molar-refractivity contribution in [3.63, 3.8) is 0 Å². The van der Waals surface area contributed by atoms with Crippen LogP contribution in [0.4, 0.5) is 0 Å². The number of rotatable bonds is 9. The number of guanidine groups is 1. The van der Waals surface area contributed by atoms with Gasteiger partial charge in [0.1, 0.15) is 0 Å². The highest BCUT2D eigenvalue weighted by molar-refractivity contribution is 14.0. The van der Waals surface area contributed by atoms with Crippen LogP contribution >= 0.6 is 24.0 Å². The molecule has 0 aliphatic heterocycles. The van der Waals surface area contributed by atoms with E-state index >= 15 is 0 Å². The van der Waals surface area contributed by atoms with E-state index < -0.39 is 0 Å². The van der Waals surface area contributed by atoms with Gasteiger partial charge in [-0.05, 0) is 30.4 Å². The zero-order chi connectivity index (χ0) is 19.6. The first-order valence-electron chi connectivity index (χ1n) is 9.88. The summed E-state index contributed by atoms with van der Waals surface area (Å²) in [5.74, 6) is 2.91. The van der Waals surface area contributed by atoms with Gasteiger partial charge in [0, 0.05) is 43.9 Å². The van der Waals surface area contributed by atoms with Gasteiger partial charge in [-0.1, -0.05) is 38.9 Å². The fraction of sp³-hybridized carbons (Fsp3) is 0.571. The van der Waals surface area contributed by atoms with E-state index in [0.717, 1.165) is 36.8 Å². The number of aromatic nitrogens is 2. The fourth-order valence-electron chi connectivity index (χ4n) is 3.24. The molecule has 0 bridgehead atoms. The van der Waals surface area contributed by atoms with Gasteiger partial charge in [0.2, 0.25) is 0 Å². The van der Waals surface area contributed by atoms with Crippen molar-refractivity contribution in [3.05, 3.63) is 47.6 Å². The van der Waals surface area contributed by atoms with Crippen molar-refractivity contribution in [1.82, 2.24) is 20.8 Å². The zero-order valence-electron chi connectivity index (χ0n) is 17.6. The molecule has 1 unspecified atom stereocenters. The maximum Gasteiger partial charge on any atom is 0.191 e. The highest BCUT2D eigenvalue weighted by Crippen LogP contribution is 2.23. The van der Waals surface area contributed by atoms with Crippen molar-refractivity contribution in [1.29, 1.82) is 0 Å². The van der Waals surface area contributed by atoms with Crippen LogP contribution in [0.5, 0.6) is 0 Å². The van der Waals surface area contributed by atoms with Crippen LogP contribution in [-0.4, -0.2) is 29.7 Å². The summed E-state index contributed by atoms with van der Waals surface area (Å²) >= 11 is 0. The number of hydrogen-bond donors (Lipinski definition) is 2. The maximum atomic E-state index is 5.47. The molecule has 7 heteroatoms. The predicted molar refractivity (Wildman–Crippen MR) is 125 cm³/mol. The third kappa shape index (κ3) is 7.07. The largest absolute Gasteiger partial charge is 0.359 e.